The molecule has 21 heavy (non-hydrogen) atoms. The van der Waals surface area contributed by atoms with E-state index in [0.29, 0.717) is 6.61 Å². The normalized spacial score (nSPS) is 23.6. The highest BCUT2D eigenvalue weighted by atomic mass is 16.7. The quantitative estimate of drug-likeness (QED) is 0.625. The summed E-state index contributed by atoms with van der Waals surface area (Å²) in [5.74, 6) is -0.280. The minimum absolute atomic E-state index is 0.280. The summed E-state index contributed by atoms with van der Waals surface area (Å²) in [5, 5.41) is 0. The highest BCUT2D eigenvalue weighted by molar-refractivity contribution is 5.79. The van der Waals surface area contributed by atoms with E-state index >= 15 is 0 Å². The first kappa shape index (κ1) is 13.8. The second-order valence-corrected chi connectivity index (χ2v) is 5.37. The van der Waals surface area contributed by atoms with Crippen molar-refractivity contribution in [3.63, 3.8) is 0 Å². The number of carbonyl (C=O) groups excluding carboxylic acids is 1. The van der Waals surface area contributed by atoms with Crippen LogP contribution in [0.15, 0.2) is 60.7 Å². The van der Waals surface area contributed by atoms with Gasteiger partial charge < -0.3 is 9.47 Å². The first-order valence-corrected chi connectivity index (χ1v) is 7.14. The van der Waals surface area contributed by atoms with Crippen LogP contribution in [0.1, 0.15) is 18.1 Å². The largest absolute Gasteiger partial charge is 0.463 e. The molecular formula is C18H18O3. The Kier molecular flexibility index (Phi) is 3.76. The lowest BCUT2D eigenvalue weighted by atomic mass is 9.97. The Balaban J connectivity index is 1.51. The summed E-state index contributed by atoms with van der Waals surface area (Å²) in [4.78, 5) is 12.0. The highest BCUT2D eigenvalue weighted by Crippen LogP contribution is 2.46. The van der Waals surface area contributed by atoms with Crippen molar-refractivity contribution in [1.82, 2.24) is 0 Å². The third-order valence-electron chi connectivity index (χ3n) is 3.84. The zero-order valence-corrected chi connectivity index (χ0v) is 12.0. The van der Waals surface area contributed by atoms with E-state index in [2.05, 4.69) is 0 Å². The molecule has 0 amide bonds. The molecule has 2 aromatic rings. The Morgan fingerprint density at radius 3 is 2.38 bits per heavy atom. The topological polar surface area (TPSA) is 38.8 Å². The van der Waals surface area contributed by atoms with Crippen molar-refractivity contribution in [3.05, 3.63) is 71.8 Å². The summed E-state index contributed by atoms with van der Waals surface area (Å²) in [6.07, 6.45) is 0.233. The SMILES string of the molecule is CC1(c2ccccc2)OC1C(=O)OCCc1ccccc1. The molecule has 0 spiro atoms. The predicted octanol–water partition coefficient (Wildman–Crippen LogP) is 3.09. The number of epoxide rings is 1. The van der Waals surface area contributed by atoms with Crippen LogP contribution in [-0.2, 0) is 26.3 Å². The van der Waals surface area contributed by atoms with Crippen LogP contribution in [0, 0.1) is 0 Å². The number of ether oxygens (including phenoxy) is 2. The molecule has 0 bridgehead atoms. The fourth-order valence-electron chi connectivity index (χ4n) is 2.46. The summed E-state index contributed by atoms with van der Waals surface area (Å²) in [6, 6.07) is 19.8. The molecule has 3 rings (SSSR count). The fourth-order valence-corrected chi connectivity index (χ4v) is 2.46. The van der Waals surface area contributed by atoms with Gasteiger partial charge in [0.15, 0.2) is 6.10 Å². The average molecular weight is 282 g/mol. The molecule has 2 aromatic carbocycles. The number of rotatable bonds is 5. The zero-order chi connectivity index (χ0) is 14.7. The van der Waals surface area contributed by atoms with Gasteiger partial charge in [-0.25, -0.2) is 4.79 Å². The van der Waals surface area contributed by atoms with Crippen molar-refractivity contribution < 1.29 is 14.3 Å². The van der Waals surface area contributed by atoms with Gasteiger partial charge in [0.25, 0.3) is 0 Å². The van der Waals surface area contributed by atoms with Crippen LogP contribution in [0.2, 0.25) is 0 Å². The van der Waals surface area contributed by atoms with E-state index in [1.54, 1.807) is 0 Å². The maximum absolute atomic E-state index is 12.0. The molecule has 3 heteroatoms. The van der Waals surface area contributed by atoms with E-state index in [1.807, 2.05) is 67.6 Å². The Bertz CT molecular complexity index is 609. The van der Waals surface area contributed by atoms with Crippen LogP contribution in [0.4, 0.5) is 0 Å². The van der Waals surface area contributed by atoms with E-state index in [4.69, 9.17) is 9.47 Å². The molecule has 0 N–H and O–H groups in total. The Hall–Kier alpha value is -2.13. The predicted molar refractivity (Wildman–Crippen MR) is 79.8 cm³/mol. The second-order valence-electron chi connectivity index (χ2n) is 5.37. The van der Waals surface area contributed by atoms with Gasteiger partial charge in [-0.3, -0.25) is 0 Å². The monoisotopic (exact) mass is 282 g/mol. The van der Waals surface area contributed by atoms with Crippen molar-refractivity contribution in [2.24, 2.45) is 0 Å². The third-order valence-corrected chi connectivity index (χ3v) is 3.84. The standard InChI is InChI=1S/C18H18O3/c1-18(15-10-6-3-7-11-15)16(21-18)17(19)20-13-12-14-8-4-2-5-9-14/h2-11,16H,12-13H2,1H3. The summed E-state index contributed by atoms with van der Waals surface area (Å²) in [7, 11) is 0. The molecule has 1 heterocycles. The second kappa shape index (κ2) is 5.70. The van der Waals surface area contributed by atoms with Gasteiger partial charge in [-0.2, -0.15) is 0 Å². The molecule has 0 aromatic heterocycles. The van der Waals surface area contributed by atoms with Crippen molar-refractivity contribution >= 4 is 5.97 Å². The first-order valence-electron chi connectivity index (χ1n) is 7.14. The molecule has 1 aliphatic rings. The van der Waals surface area contributed by atoms with Gasteiger partial charge in [0.2, 0.25) is 0 Å². The molecule has 1 saturated heterocycles. The number of benzene rings is 2. The molecule has 108 valence electrons. The lowest BCUT2D eigenvalue weighted by molar-refractivity contribution is -0.145. The van der Waals surface area contributed by atoms with Crippen molar-refractivity contribution in [2.75, 3.05) is 6.61 Å². The van der Waals surface area contributed by atoms with Crippen molar-refractivity contribution in [1.29, 1.82) is 0 Å². The third kappa shape index (κ3) is 2.98. The van der Waals surface area contributed by atoms with Crippen molar-refractivity contribution in [3.8, 4) is 0 Å². The van der Waals surface area contributed by atoms with Gasteiger partial charge in [0.1, 0.15) is 5.60 Å². The molecular weight excluding hydrogens is 264 g/mol. The van der Waals surface area contributed by atoms with Crippen LogP contribution in [0.3, 0.4) is 0 Å². The van der Waals surface area contributed by atoms with E-state index in [-0.39, 0.29) is 5.97 Å². The minimum atomic E-state index is -0.537. The summed E-state index contributed by atoms with van der Waals surface area (Å²) in [5.41, 5.74) is 1.63. The molecule has 0 aliphatic carbocycles. The molecule has 1 fully saturated rings. The van der Waals surface area contributed by atoms with Crippen LogP contribution < -0.4 is 0 Å². The Morgan fingerprint density at radius 2 is 1.71 bits per heavy atom. The van der Waals surface area contributed by atoms with Crippen LogP contribution in [0.25, 0.3) is 0 Å². The van der Waals surface area contributed by atoms with Crippen LogP contribution in [0.5, 0.6) is 0 Å². The van der Waals surface area contributed by atoms with Gasteiger partial charge in [-0.05, 0) is 18.1 Å². The summed E-state index contributed by atoms with van der Waals surface area (Å²) < 4.78 is 10.9. The molecule has 3 nitrogen and oxygen atoms in total. The van der Waals surface area contributed by atoms with E-state index < -0.39 is 11.7 Å². The molecule has 1 aliphatic heterocycles. The number of esters is 1. The van der Waals surface area contributed by atoms with Crippen molar-refractivity contribution in [2.45, 2.75) is 25.0 Å². The number of hydrogen-bond donors (Lipinski definition) is 0. The maximum atomic E-state index is 12.0. The van der Waals surface area contributed by atoms with Crippen LogP contribution in [-0.4, -0.2) is 18.7 Å². The smallest absolute Gasteiger partial charge is 0.338 e. The van der Waals surface area contributed by atoms with Gasteiger partial charge in [-0.15, -0.1) is 0 Å². The maximum Gasteiger partial charge on any atom is 0.338 e. The van der Waals surface area contributed by atoms with Gasteiger partial charge in [0, 0.05) is 6.42 Å². The molecule has 0 radical (unpaired) electrons. The lowest BCUT2D eigenvalue weighted by Crippen LogP contribution is -2.19. The van der Waals surface area contributed by atoms with Gasteiger partial charge in [-0.1, -0.05) is 60.7 Å². The van der Waals surface area contributed by atoms with E-state index in [9.17, 15) is 4.79 Å². The van der Waals surface area contributed by atoms with E-state index in [1.165, 1.54) is 0 Å². The Morgan fingerprint density at radius 1 is 1.10 bits per heavy atom. The number of hydrogen-bond acceptors (Lipinski definition) is 3. The van der Waals surface area contributed by atoms with E-state index in [0.717, 1.165) is 17.5 Å². The Labute approximate surface area is 124 Å². The lowest BCUT2D eigenvalue weighted by Gasteiger charge is -2.07. The minimum Gasteiger partial charge on any atom is -0.463 e. The van der Waals surface area contributed by atoms with Gasteiger partial charge in [0.05, 0.1) is 6.61 Å². The first-order chi connectivity index (χ1) is 10.2. The highest BCUT2D eigenvalue weighted by Gasteiger charge is 2.59. The van der Waals surface area contributed by atoms with Gasteiger partial charge >= 0.3 is 5.97 Å². The zero-order valence-electron chi connectivity index (χ0n) is 12.0. The summed E-state index contributed by atoms with van der Waals surface area (Å²) >= 11 is 0. The molecule has 2 unspecified atom stereocenters. The molecule has 0 saturated carbocycles. The molecule has 2 atom stereocenters. The summed E-state index contributed by atoms with van der Waals surface area (Å²) in [6.45, 7) is 2.30. The van der Waals surface area contributed by atoms with Crippen LogP contribution >= 0.6 is 0 Å². The average Bonchev–Trinajstić information content (AvgIpc) is 3.23. The fraction of sp³-hybridized carbons (Fsp3) is 0.278. The number of carbonyl (C=O) groups is 1.